The van der Waals surface area contributed by atoms with Gasteiger partial charge in [0.1, 0.15) is 22.6 Å². The topological polar surface area (TPSA) is 94.8 Å². The van der Waals surface area contributed by atoms with Crippen LogP contribution in [0.1, 0.15) is 17.3 Å². The van der Waals surface area contributed by atoms with Crippen molar-refractivity contribution in [2.75, 3.05) is 13.2 Å². The van der Waals surface area contributed by atoms with E-state index in [2.05, 4.69) is 5.32 Å². The lowest BCUT2D eigenvalue weighted by Crippen LogP contribution is -2.27. The average Bonchev–Trinajstić information content (AvgIpc) is 2.68. The molecule has 0 saturated carbocycles. The fourth-order valence-corrected chi connectivity index (χ4v) is 2.79. The molecule has 0 aliphatic carbocycles. The van der Waals surface area contributed by atoms with Gasteiger partial charge in [-0.2, -0.15) is 0 Å². The van der Waals surface area contributed by atoms with Crippen molar-refractivity contribution in [1.29, 1.82) is 0 Å². The van der Waals surface area contributed by atoms with Crippen LogP contribution in [0.5, 0.6) is 11.5 Å². The van der Waals surface area contributed by atoms with Crippen LogP contribution in [0, 0.1) is 0 Å². The van der Waals surface area contributed by atoms with Gasteiger partial charge in [0, 0.05) is 29.1 Å². The molecule has 0 spiro atoms. The van der Waals surface area contributed by atoms with E-state index in [9.17, 15) is 14.4 Å². The standard InChI is InChI=1S/C20H15Cl2NO6/c1-2-23-19(25)14-7-11-3-5-13(9-16(11)29-20(14)26)28-18(24)10-27-17-8-12(21)4-6-15(17)22/h3-9H,2,10H2,1H3,(H,23,25). The minimum Gasteiger partial charge on any atom is -0.480 e. The van der Waals surface area contributed by atoms with Crippen LogP contribution < -0.4 is 20.4 Å². The number of rotatable bonds is 6. The second-order valence-corrected chi connectivity index (χ2v) is 6.69. The fraction of sp³-hybridized carbons (Fsp3) is 0.150. The molecule has 1 amide bonds. The van der Waals surface area contributed by atoms with Crippen molar-refractivity contribution in [3.05, 3.63) is 68.5 Å². The van der Waals surface area contributed by atoms with Crippen molar-refractivity contribution < 1.29 is 23.5 Å². The second kappa shape index (κ2) is 8.98. The van der Waals surface area contributed by atoms with Gasteiger partial charge in [-0.3, -0.25) is 4.79 Å². The molecular weight excluding hydrogens is 421 g/mol. The highest BCUT2D eigenvalue weighted by atomic mass is 35.5. The Balaban J connectivity index is 1.72. The average molecular weight is 436 g/mol. The van der Waals surface area contributed by atoms with Crippen molar-refractivity contribution in [2.45, 2.75) is 6.92 Å². The number of carbonyl (C=O) groups is 2. The third-order valence-electron chi connectivity index (χ3n) is 3.76. The van der Waals surface area contributed by atoms with Gasteiger partial charge in [0.05, 0.1) is 5.02 Å². The molecule has 1 heterocycles. The number of esters is 1. The smallest absolute Gasteiger partial charge is 0.349 e. The van der Waals surface area contributed by atoms with E-state index in [-0.39, 0.29) is 22.6 Å². The number of benzene rings is 2. The highest BCUT2D eigenvalue weighted by Crippen LogP contribution is 2.27. The van der Waals surface area contributed by atoms with Crippen LogP contribution >= 0.6 is 23.2 Å². The van der Waals surface area contributed by atoms with Gasteiger partial charge in [-0.25, -0.2) is 9.59 Å². The second-order valence-electron chi connectivity index (χ2n) is 5.84. The van der Waals surface area contributed by atoms with Crippen LogP contribution in [0.4, 0.5) is 0 Å². The Morgan fingerprint density at radius 1 is 1.10 bits per heavy atom. The largest absolute Gasteiger partial charge is 0.480 e. The normalized spacial score (nSPS) is 10.6. The van der Waals surface area contributed by atoms with E-state index in [1.807, 2.05) is 0 Å². The van der Waals surface area contributed by atoms with Crippen molar-refractivity contribution in [3.8, 4) is 11.5 Å². The van der Waals surface area contributed by atoms with Gasteiger partial charge in [0.25, 0.3) is 5.91 Å². The summed E-state index contributed by atoms with van der Waals surface area (Å²) >= 11 is 11.8. The van der Waals surface area contributed by atoms with E-state index in [0.717, 1.165) is 0 Å². The third-order valence-corrected chi connectivity index (χ3v) is 4.31. The van der Waals surface area contributed by atoms with E-state index < -0.39 is 24.1 Å². The number of hydrogen-bond donors (Lipinski definition) is 1. The zero-order chi connectivity index (χ0) is 21.0. The molecule has 0 bridgehead atoms. The molecule has 0 saturated heterocycles. The van der Waals surface area contributed by atoms with E-state index in [1.54, 1.807) is 25.1 Å². The lowest BCUT2D eigenvalue weighted by Gasteiger charge is -2.09. The first-order chi connectivity index (χ1) is 13.9. The summed E-state index contributed by atoms with van der Waals surface area (Å²) in [7, 11) is 0. The fourth-order valence-electron chi connectivity index (χ4n) is 2.45. The van der Waals surface area contributed by atoms with Gasteiger partial charge in [0.2, 0.25) is 0 Å². The predicted molar refractivity (Wildman–Crippen MR) is 108 cm³/mol. The summed E-state index contributed by atoms with van der Waals surface area (Å²) in [4.78, 5) is 35.9. The molecule has 0 unspecified atom stereocenters. The van der Waals surface area contributed by atoms with Crippen LogP contribution in [0.2, 0.25) is 10.0 Å². The molecule has 1 aromatic heterocycles. The summed E-state index contributed by atoms with van der Waals surface area (Å²) < 4.78 is 15.7. The molecule has 0 fully saturated rings. The molecule has 2 aromatic carbocycles. The van der Waals surface area contributed by atoms with Crippen LogP contribution in [-0.2, 0) is 4.79 Å². The number of amides is 1. The maximum absolute atomic E-state index is 12.0. The van der Waals surface area contributed by atoms with Crippen LogP contribution in [0.3, 0.4) is 0 Å². The molecule has 0 radical (unpaired) electrons. The Morgan fingerprint density at radius 3 is 2.66 bits per heavy atom. The maximum Gasteiger partial charge on any atom is 0.349 e. The summed E-state index contributed by atoms with van der Waals surface area (Å²) in [6, 6.07) is 10.5. The maximum atomic E-state index is 12.0. The Bertz CT molecular complexity index is 1140. The Labute approximate surface area is 175 Å². The summed E-state index contributed by atoms with van der Waals surface area (Å²) in [5, 5.41) is 3.76. The number of nitrogens with one attached hydrogen (secondary N) is 1. The summed E-state index contributed by atoms with van der Waals surface area (Å²) in [5.41, 5.74) is -0.714. The van der Waals surface area contributed by atoms with Crippen molar-refractivity contribution in [2.24, 2.45) is 0 Å². The molecule has 0 aliphatic rings. The van der Waals surface area contributed by atoms with Gasteiger partial charge in [-0.15, -0.1) is 0 Å². The molecule has 9 heteroatoms. The Hall–Kier alpha value is -3.03. The van der Waals surface area contributed by atoms with Crippen LogP contribution in [0.25, 0.3) is 11.0 Å². The molecule has 3 rings (SSSR count). The van der Waals surface area contributed by atoms with Crippen molar-refractivity contribution in [1.82, 2.24) is 5.32 Å². The van der Waals surface area contributed by atoms with Crippen molar-refractivity contribution >= 4 is 46.0 Å². The Kier molecular flexibility index (Phi) is 6.41. The quantitative estimate of drug-likeness (QED) is 0.359. The predicted octanol–water partition coefficient (Wildman–Crippen LogP) is 3.83. The first-order valence-corrected chi connectivity index (χ1v) is 9.27. The lowest BCUT2D eigenvalue weighted by atomic mass is 10.1. The molecule has 0 aliphatic heterocycles. The van der Waals surface area contributed by atoms with Crippen LogP contribution in [-0.4, -0.2) is 25.0 Å². The number of ether oxygens (including phenoxy) is 2. The number of halogens is 2. The monoisotopic (exact) mass is 435 g/mol. The minimum absolute atomic E-state index is 0.101. The third kappa shape index (κ3) is 5.07. The zero-order valence-corrected chi connectivity index (χ0v) is 16.7. The number of fused-ring (bicyclic) bond motifs is 1. The molecule has 0 atom stereocenters. The first-order valence-electron chi connectivity index (χ1n) is 8.52. The molecule has 1 N–H and O–H groups in total. The van der Waals surface area contributed by atoms with E-state index in [0.29, 0.717) is 22.0 Å². The number of hydrogen-bond acceptors (Lipinski definition) is 6. The van der Waals surface area contributed by atoms with Gasteiger partial charge in [0.15, 0.2) is 6.61 Å². The summed E-state index contributed by atoms with van der Waals surface area (Å²) in [5.74, 6) is -0.812. The lowest BCUT2D eigenvalue weighted by molar-refractivity contribution is -0.136. The minimum atomic E-state index is -0.786. The summed E-state index contributed by atoms with van der Waals surface area (Å²) in [6.45, 7) is 1.72. The SMILES string of the molecule is CCNC(=O)c1cc2ccc(OC(=O)COc3cc(Cl)ccc3Cl)cc2oc1=O. The van der Waals surface area contributed by atoms with Gasteiger partial charge < -0.3 is 19.2 Å². The van der Waals surface area contributed by atoms with Gasteiger partial charge in [-0.1, -0.05) is 23.2 Å². The molecule has 7 nitrogen and oxygen atoms in total. The van der Waals surface area contributed by atoms with Crippen LogP contribution in [0.15, 0.2) is 51.7 Å². The van der Waals surface area contributed by atoms with E-state index in [4.69, 9.17) is 37.1 Å². The molecule has 3 aromatic rings. The summed E-state index contributed by atoms with van der Waals surface area (Å²) in [6.07, 6.45) is 0. The zero-order valence-electron chi connectivity index (χ0n) is 15.2. The molecule has 29 heavy (non-hydrogen) atoms. The first kappa shape index (κ1) is 20.7. The number of carbonyl (C=O) groups excluding carboxylic acids is 2. The Morgan fingerprint density at radius 2 is 1.90 bits per heavy atom. The highest BCUT2D eigenvalue weighted by molar-refractivity contribution is 6.34. The van der Waals surface area contributed by atoms with E-state index >= 15 is 0 Å². The van der Waals surface area contributed by atoms with Crippen molar-refractivity contribution in [3.63, 3.8) is 0 Å². The van der Waals surface area contributed by atoms with Gasteiger partial charge >= 0.3 is 11.6 Å². The van der Waals surface area contributed by atoms with Gasteiger partial charge in [-0.05, 0) is 37.3 Å². The highest BCUT2D eigenvalue weighted by Gasteiger charge is 2.14. The molecule has 150 valence electrons. The molecular formula is C20H15Cl2NO6. The van der Waals surface area contributed by atoms with E-state index in [1.165, 1.54) is 24.3 Å².